The number of rotatable bonds is 6. The molecule has 1 aromatic carbocycles. The number of amides is 2. The van der Waals surface area contributed by atoms with Crippen molar-refractivity contribution in [3.63, 3.8) is 0 Å². The zero-order chi connectivity index (χ0) is 18.5. The molecule has 0 fully saturated rings. The third kappa shape index (κ3) is 4.58. The Morgan fingerprint density at radius 2 is 2.00 bits per heavy atom. The minimum Gasteiger partial charge on any atom is -0.445 e. The van der Waals surface area contributed by atoms with Crippen LogP contribution in [0.25, 0.3) is 0 Å². The van der Waals surface area contributed by atoms with Crippen LogP contribution in [0, 0.1) is 11.6 Å². The summed E-state index contributed by atoms with van der Waals surface area (Å²) in [4.78, 5) is 20.1. The summed E-state index contributed by atoms with van der Waals surface area (Å²) in [6.45, 7) is 1.98. The standard InChI is InChI=1S/C16H14F2N4O2S2/c1-2-9-6-19-12(24-9)8-25-13-7-20-16(26-13)22-15(23)21-14-10(17)4-3-5-11(14)18/h3-7H,2,8H2,1H3,(H2,20,21,22,23). The van der Waals surface area contributed by atoms with Crippen molar-refractivity contribution in [3.05, 3.63) is 53.9 Å². The molecule has 0 atom stereocenters. The molecule has 0 unspecified atom stereocenters. The van der Waals surface area contributed by atoms with Crippen LogP contribution in [0.2, 0.25) is 0 Å². The Morgan fingerprint density at radius 3 is 2.69 bits per heavy atom. The van der Waals surface area contributed by atoms with E-state index in [1.165, 1.54) is 29.2 Å². The monoisotopic (exact) mass is 396 g/mol. The second-order valence-electron chi connectivity index (χ2n) is 5.02. The normalized spacial score (nSPS) is 10.7. The molecule has 0 saturated heterocycles. The van der Waals surface area contributed by atoms with Crippen LogP contribution < -0.4 is 10.6 Å². The molecular weight excluding hydrogens is 382 g/mol. The first kappa shape index (κ1) is 18.3. The van der Waals surface area contributed by atoms with Crippen LogP contribution in [-0.4, -0.2) is 16.0 Å². The van der Waals surface area contributed by atoms with Gasteiger partial charge >= 0.3 is 6.03 Å². The van der Waals surface area contributed by atoms with Crippen molar-refractivity contribution in [1.82, 2.24) is 9.97 Å². The predicted molar refractivity (Wildman–Crippen MR) is 96.6 cm³/mol. The number of aryl methyl sites for hydroxylation is 1. The Kier molecular flexibility index (Phi) is 5.84. The largest absolute Gasteiger partial charge is 0.445 e. The number of aromatic nitrogens is 2. The average molecular weight is 396 g/mol. The minimum atomic E-state index is -0.854. The van der Waals surface area contributed by atoms with E-state index in [2.05, 4.69) is 20.6 Å². The number of nitrogens with one attached hydrogen (secondary N) is 2. The molecule has 10 heteroatoms. The van der Waals surface area contributed by atoms with Gasteiger partial charge in [-0.25, -0.2) is 23.5 Å². The third-order valence-electron chi connectivity index (χ3n) is 3.19. The molecule has 0 aliphatic carbocycles. The highest BCUT2D eigenvalue weighted by Crippen LogP contribution is 2.30. The summed E-state index contributed by atoms with van der Waals surface area (Å²) in [6.07, 6.45) is 4.07. The van der Waals surface area contributed by atoms with Gasteiger partial charge in [-0.05, 0) is 12.1 Å². The van der Waals surface area contributed by atoms with E-state index in [0.29, 0.717) is 16.8 Å². The van der Waals surface area contributed by atoms with Crippen LogP contribution in [0.4, 0.5) is 24.4 Å². The molecule has 6 nitrogen and oxygen atoms in total. The Morgan fingerprint density at radius 1 is 1.23 bits per heavy atom. The van der Waals surface area contributed by atoms with Crippen molar-refractivity contribution in [3.8, 4) is 0 Å². The highest BCUT2D eigenvalue weighted by Gasteiger charge is 2.13. The van der Waals surface area contributed by atoms with Crippen molar-refractivity contribution < 1.29 is 18.0 Å². The lowest BCUT2D eigenvalue weighted by molar-refractivity contribution is 0.262. The first-order valence-corrected chi connectivity index (χ1v) is 9.39. The second kappa shape index (κ2) is 8.28. The van der Waals surface area contributed by atoms with Gasteiger partial charge < -0.3 is 9.73 Å². The predicted octanol–water partition coefficient (Wildman–Crippen LogP) is 4.91. The van der Waals surface area contributed by atoms with Crippen LogP contribution in [0.1, 0.15) is 18.6 Å². The highest BCUT2D eigenvalue weighted by atomic mass is 32.2. The lowest BCUT2D eigenvalue weighted by Gasteiger charge is -2.07. The number of anilines is 2. The number of hydrogen-bond donors (Lipinski definition) is 2. The fourth-order valence-electron chi connectivity index (χ4n) is 1.95. The van der Waals surface area contributed by atoms with E-state index in [4.69, 9.17) is 4.42 Å². The van der Waals surface area contributed by atoms with Gasteiger partial charge in [0.05, 0.1) is 22.4 Å². The number of para-hydroxylation sites is 1. The van der Waals surface area contributed by atoms with E-state index in [-0.39, 0.29) is 0 Å². The fourth-order valence-corrected chi connectivity index (χ4v) is 3.67. The average Bonchev–Trinajstić information content (AvgIpc) is 3.25. The smallest absolute Gasteiger partial charge is 0.325 e. The number of hydrogen-bond acceptors (Lipinski definition) is 6. The van der Waals surface area contributed by atoms with E-state index in [1.54, 1.807) is 12.4 Å². The van der Waals surface area contributed by atoms with E-state index in [1.807, 2.05) is 6.92 Å². The van der Waals surface area contributed by atoms with Gasteiger partial charge in [0.2, 0.25) is 5.89 Å². The van der Waals surface area contributed by atoms with Crippen molar-refractivity contribution in [2.75, 3.05) is 10.6 Å². The van der Waals surface area contributed by atoms with Gasteiger partial charge in [0, 0.05) is 6.42 Å². The Bertz CT molecular complexity index is 893. The maximum absolute atomic E-state index is 13.5. The molecule has 2 aromatic heterocycles. The molecular formula is C16H14F2N4O2S2. The molecule has 0 spiro atoms. The minimum absolute atomic E-state index is 0.309. The number of thioether (sulfide) groups is 1. The van der Waals surface area contributed by atoms with Crippen molar-refractivity contribution in [1.29, 1.82) is 0 Å². The van der Waals surface area contributed by atoms with Crippen molar-refractivity contribution in [2.45, 2.75) is 23.3 Å². The summed E-state index contributed by atoms with van der Waals surface area (Å²) in [5, 5.41) is 4.90. The number of carbonyl (C=O) groups is 1. The third-order valence-corrected chi connectivity index (χ3v) is 5.29. The van der Waals surface area contributed by atoms with Crippen molar-refractivity contribution in [2.24, 2.45) is 0 Å². The van der Waals surface area contributed by atoms with E-state index >= 15 is 0 Å². The maximum Gasteiger partial charge on any atom is 0.325 e. The first-order valence-electron chi connectivity index (χ1n) is 7.59. The van der Waals surface area contributed by atoms with Crippen LogP contribution >= 0.6 is 23.1 Å². The Labute approximate surface area is 156 Å². The first-order chi connectivity index (χ1) is 12.5. The van der Waals surface area contributed by atoms with E-state index < -0.39 is 23.4 Å². The molecule has 0 bridgehead atoms. The lowest BCUT2D eigenvalue weighted by Crippen LogP contribution is -2.20. The number of urea groups is 1. The fraction of sp³-hybridized carbons (Fsp3) is 0.188. The second-order valence-corrected chi connectivity index (χ2v) is 7.33. The van der Waals surface area contributed by atoms with Gasteiger partial charge in [0.15, 0.2) is 5.13 Å². The number of oxazole rings is 1. The molecule has 0 aliphatic heterocycles. The summed E-state index contributed by atoms with van der Waals surface area (Å²) in [7, 11) is 0. The molecule has 3 aromatic rings. The van der Waals surface area contributed by atoms with E-state index in [0.717, 1.165) is 28.5 Å². The quantitative estimate of drug-likeness (QED) is 0.579. The van der Waals surface area contributed by atoms with Gasteiger partial charge in [-0.1, -0.05) is 24.3 Å². The zero-order valence-corrected chi connectivity index (χ0v) is 15.2. The Hall–Kier alpha value is -2.46. The molecule has 26 heavy (non-hydrogen) atoms. The van der Waals surface area contributed by atoms with Gasteiger partial charge in [0.1, 0.15) is 23.1 Å². The van der Waals surface area contributed by atoms with Gasteiger partial charge in [0.25, 0.3) is 0 Å². The molecule has 2 amide bonds. The van der Waals surface area contributed by atoms with Crippen LogP contribution in [-0.2, 0) is 12.2 Å². The number of thiazole rings is 1. The summed E-state index contributed by atoms with van der Waals surface area (Å²) < 4.78 is 33.4. The zero-order valence-electron chi connectivity index (χ0n) is 13.6. The van der Waals surface area contributed by atoms with Crippen LogP contribution in [0.15, 0.2) is 39.2 Å². The van der Waals surface area contributed by atoms with Crippen LogP contribution in [0.3, 0.4) is 0 Å². The number of nitrogens with zero attached hydrogens (tertiary/aromatic N) is 2. The number of carbonyl (C=O) groups excluding carboxylic acids is 1. The molecule has 2 N–H and O–H groups in total. The summed E-state index contributed by atoms with van der Waals surface area (Å²) in [5.41, 5.74) is -0.508. The number of halogens is 2. The lowest BCUT2D eigenvalue weighted by atomic mass is 10.3. The SMILES string of the molecule is CCc1cnc(CSc2cnc(NC(=O)Nc3c(F)cccc3F)s2)o1. The van der Waals surface area contributed by atoms with Gasteiger partial charge in [-0.3, -0.25) is 5.32 Å². The Balaban J connectivity index is 1.55. The topological polar surface area (TPSA) is 80.0 Å². The van der Waals surface area contributed by atoms with Gasteiger partial charge in [-0.2, -0.15) is 0 Å². The summed E-state index contributed by atoms with van der Waals surface area (Å²) >= 11 is 2.70. The molecule has 0 saturated carbocycles. The number of benzene rings is 1. The molecule has 136 valence electrons. The highest BCUT2D eigenvalue weighted by molar-refractivity contribution is 8.00. The van der Waals surface area contributed by atoms with Crippen LogP contribution in [0.5, 0.6) is 0 Å². The van der Waals surface area contributed by atoms with E-state index in [9.17, 15) is 13.6 Å². The summed E-state index contributed by atoms with van der Waals surface area (Å²) in [6, 6.07) is 2.56. The molecule has 0 aliphatic rings. The van der Waals surface area contributed by atoms with Crippen molar-refractivity contribution >= 4 is 39.9 Å². The summed E-state index contributed by atoms with van der Waals surface area (Å²) in [5.74, 6) is 0.265. The molecule has 0 radical (unpaired) electrons. The molecule has 2 heterocycles. The van der Waals surface area contributed by atoms with Gasteiger partial charge in [-0.15, -0.1) is 11.8 Å². The maximum atomic E-state index is 13.5. The molecule has 3 rings (SSSR count).